The van der Waals surface area contributed by atoms with Crippen LogP contribution in [0.1, 0.15) is 41.8 Å². The van der Waals surface area contributed by atoms with Crippen LogP contribution in [0.4, 0.5) is 0 Å². The van der Waals surface area contributed by atoms with E-state index in [1.54, 1.807) is 20.8 Å². The molecule has 0 amide bonds. The standard InChI is InChI=1S/C16H17ClN2O5S/c1-8(2)14(20)13(16-18-9(3)19-24-16)15(21)11-6-5-10(7-12(11)17)25(4,22)23/h5-8,13H,1-4H3. The Bertz CT molecular complexity index is 934. The number of nitrogens with zero attached hydrogens (tertiary/aromatic N) is 2. The van der Waals surface area contributed by atoms with E-state index in [-0.39, 0.29) is 21.4 Å². The Morgan fingerprint density at radius 3 is 2.32 bits per heavy atom. The topological polar surface area (TPSA) is 107 Å². The number of benzene rings is 1. The number of carbonyl (C=O) groups is 2. The van der Waals surface area contributed by atoms with Crippen molar-refractivity contribution in [2.45, 2.75) is 31.6 Å². The van der Waals surface area contributed by atoms with Crippen LogP contribution >= 0.6 is 11.6 Å². The maximum atomic E-state index is 12.9. The van der Waals surface area contributed by atoms with Crippen LogP contribution in [0.3, 0.4) is 0 Å². The number of sulfone groups is 1. The number of hydrogen-bond acceptors (Lipinski definition) is 7. The largest absolute Gasteiger partial charge is 0.338 e. The van der Waals surface area contributed by atoms with Crippen molar-refractivity contribution in [3.63, 3.8) is 0 Å². The normalized spacial score (nSPS) is 13.0. The Morgan fingerprint density at radius 1 is 1.24 bits per heavy atom. The lowest BCUT2D eigenvalue weighted by molar-refractivity contribution is -0.122. The molecule has 0 fully saturated rings. The monoisotopic (exact) mass is 384 g/mol. The van der Waals surface area contributed by atoms with E-state index >= 15 is 0 Å². The van der Waals surface area contributed by atoms with Gasteiger partial charge in [0.05, 0.1) is 9.92 Å². The average Bonchev–Trinajstić information content (AvgIpc) is 2.92. The van der Waals surface area contributed by atoms with Crippen LogP contribution in [-0.2, 0) is 14.6 Å². The molecule has 1 heterocycles. The van der Waals surface area contributed by atoms with Gasteiger partial charge in [0.2, 0.25) is 5.89 Å². The number of aromatic nitrogens is 2. The van der Waals surface area contributed by atoms with Crippen molar-refractivity contribution >= 4 is 33.0 Å². The molecule has 1 aromatic carbocycles. The fraction of sp³-hybridized carbons (Fsp3) is 0.375. The van der Waals surface area contributed by atoms with Gasteiger partial charge in [0.1, 0.15) is 0 Å². The Kier molecular flexibility index (Phi) is 5.43. The van der Waals surface area contributed by atoms with E-state index < -0.39 is 33.2 Å². The third kappa shape index (κ3) is 4.13. The molecule has 0 saturated heterocycles. The molecule has 0 saturated carbocycles. The van der Waals surface area contributed by atoms with E-state index in [0.29, 0.717) is 5.82 Å². The fourth-order valence-electron chi connectivity index (χ4n) is 2.21. The van der Waals surface area contributed by atoms with Crippen LogP contribution in [0.5, 0.6) is 0 Å². The third-order valence-electron chi connectivity index (χ3n) is 3.54. The summed E-state index contributed by atoms with van der Waals surface area (Å²) in [5.41, 5.74) is 0.0175. The van der Waals surface area contributed by atoms with Gasteiger partial charge in [0.15, 0.2) is 33.1 Å². The zero-order chi connectivity index (χ0) is 18.9. The van der Waals surface area contributed by atoms with Crippen LogP contribution in [0, 0.1) is 12.8 Å². The summed E-state index contributed by atoms with van der Waals surface area (Å²) in [5, 5.41) is 3.56. The number of ketones is 2. The molecular formula is C16H17ClN2O5S. The Morgan fingerprint density at radius 2 is 1.88 bits per heavy atom. The number of halogens is 1. The molecule has 0 aliphatic carbocycles. The molecule has 1 atom stereocenters. The highest BCUT2D eigenvalue weighted by Gasteiger charge is 2.36. The second kappa shape index (κ2) is 7.05. The second-order valence-electron chi connectivity index (χ2n) is 5.95. The summed E-state index contributed by atoms with van der Waals surface area (Å²) in [5.74, 6) is -2.56. The first kappa shape index (κ1) is 19.3. The van der Waals surface area contributed by atoms with E-state index in [1.165, 1.54) is 18.2 Å². The van der Waals surface area contributed by atoms with Gasteiger partial charge in [0.25, 0.3) is 0 Å². The summed E-state index contributed by atoms with van der Waals surface area (Å²) >= 11 is 6.09. The van der Waals surface area contributed by atoms with Crippen molar-refractivity contribution in [1.29, 1.82) is 0 Å². The molecule has 1 aromatic heterocycles. The van der Waals surface area contributed by atoms with E-state index in [4.69, 9.17) is 16.1 Å². The van der Waals surface area contributed by atoms with Gasteiger partial charge < -0.3 is 4.52 Å². The fourth-order valence-corrected chi connectivity index (χ4v) is 3.19. The molecule has 1 unspecified atom stereocenters. The molecule has 9 heteroatoms. The van der Waals surface area contributed by atoms with Crippen LogP contribution in [0.2, 0.25) is 5.02 Å². The SMILES string of the molecule is Cc1noc(C(C(=O)c2ccc(S(C)(=O)=O)cc2Cl)C(=O)C(C)C)n1. The molecule has 25 heavy (non-hydrogen) atoms. The van der Waals surface area contributed by atoms with Crippen LogP contribution in [0.25, 0.3) is 0 Å². The maximum Gasteiger partial charge on any atom is 0.245 e. The summed E-state index contributed by atoms with van der Waals surface area (Å²) in [7, 11) is -3.47. The highest BCUT2D eigenvalue weighted by molar-refractivity contribution is 7.90. The van der Waals surface area contributed by atoms with Gasteiger partial charge in [-0.3, -0.25) is 9.59 Å². The number of hydrogen-bond donors (Lipinski definition) is 0. The van der Waals surface area contributed by atoms with E-state index in [0.717, 1.165) is 6.26 Å². The van der Waals surface area contributed by atoms with Crippen LogP contribution < -0.4 is 0 Å². The van der Waals surface area contributed by atoms with Gasteiger partial charge in [-0.25, -0.2) is 8.42 Å². The van der Waals surface area contributed by atoms with Crippen molar-refractivity contribution in [3.05, 3.63) is 40.5 Å². The minimum Gasteiger partial charge on any atom is -0.338 e. The van der Waals surface area contributed by atoms with Gasteiger partial charge in [-0.05, 0) is 25.1 Å². The summed E-state index contributed by atoms with van der Waals surface area (Å²) < 4.78 is 28.2. The first-order valence-corrected chi connectivity index (χ1v) is 9.67. The van der Waals surface area contributed by atoms with Crippen molar-refractivity contribution in [1.82, 2.24) is 10.1 Å². The van der Waals surface area contributed by atoms with E-state index in [1.807, 2.05) is 0 Å². The van der Waals surface area contributed by atoms with E-state index in [9.17, 15) is 18.0 Å². The van der Waals surface area contributed by atoms with Crippen molar-refractivity contribution < 1.29 is 22.5 Å². The molecule has 0 spiro atoms. The minimum absolute atomic E-state index is 0.0175. The van der Waals surface area contributed by atoms with Crippen molar-refractivity contribution in [2.24, 2.45) is 5.92 Å². The van der Waals surface area contributed by atoms with Gasteiger partial charge in [0, 0.05) is 17.7 Å². The highest BCUT2D eigenvalue weighted by atomic mass is 35.5. The molecular weight excluding hydrogens is 368 g/mol. The van der Waals surface area contributed by atoms with Crippen LogP contribution in [-0.4, -0.2) is 36.4 Å². The van der Waals surface area contributed by atoms with Crippen molar-refractivity contribution in [2.75, 3.05) is 6.26 Å². The lowest BCUT2D eigenvalue weighted by atomic mass is 9.88. The van der Waals surface area contributed by atoms with E-state index in [2.05, 4.69) is 10.1 Å². The molecule has 134 valence electrons. The molecule has 0 bridgehead atoms. The smallest absolute Gasteiger partial charge is 0.245 e. The number of carbonyl (C=O) groups excluding carboxylic acids is 2. The lowest BCUT2D eigenvalue weighted by Crippen LogP contribution is -2.26. The second-order valence-corrected chi connectivity index (χ2v) is 8.37. The molecule has 0 radical (unpaired) electrons. The molecule has 0 aliphatic rings. The zero-order valence-electron chi connectivity index (χ0n) is 14.1. The first-order valence-electron chi connectivity index (χ1n) is 7.40. The van der Waals surface area contributed by atoms with Gasteiger partial charge in [-0.15, -0.1) is 0 Å². The summed E-state index contributed by atoms with van der Waals surface area (Å²) in [6.45, 7) is 4.88. The summed E-state index contributed by atoms with van der Waals surface area (Å²) in [6, 6.07) is 3.73. The number of Topliss-reactive ketones (excluding diaryl/α,β-unsaturated/α-hetero) is 2. The number of rotatable bonds is 6. The molecule has 0 N–H and O–H groups in total. The molecule has 2 aromatic rings. The third-order valence-corrected chi connectivity index (χ3v) is 4.96. The maximum absolute atomic E-state index is 12.9. The first-order chi connectivity index (χ1) is 11.5. The van der Waals surface area contributed by atoms with Crippen LogP contribution in [0.15, 0.2) is 27.6 Å². The average molecular weight is 385 g/mol. The molecule has 0 aliphatic heterocycles. The predicted molar refractivity (Wildman–Crippen MR) is 90.5 cm³/mol. The van der Waals surface area contributed by atoms with Gasteiger partial charge in [-0.2, -0.15) is 4.98 Å². The summed E-state index contributed by atoms with van der Waals surface area (Å²) in [6.07, 6.45) is 1.03. The minimum atomic E-state index is -3.47. The lowest BCUT2D eigenvalue weighted by Gasteiger charge is -2.14. The van der Waals surface area contributed by atoms with Gasteiger partial charge in [-0.1, -0.05) is 30.6 Å². The number of aryl methyl sites for hydroxylation is 1. The zero-order valence-corrected chi connectivity index (χ0v) is 15.7. The Balaban J connectivity index is 2.52. The Labute approximate surface area is 150 Å². The molecule has 2 rings (SSSR count). The predicted octanol–water partition coefficient (Wildman–Crippen LogP) is 2.63. The molecule has 7 nitrogen and oxygen atoms in total. The van der Waals surface area contributed by atoms with Crippen molar-refractivity contribution in [3.8, 4) is 0 Å². The van der Waals surface area contributed by atoms with Gasteiger partial charge >= 0.3 is 0 Å². The Hall–Kier alpha value is -2.06. The quantitative estimate of drug-likeness (QED) is 0.556. The highest BCUT2D eigenvalue weighted by Crippen LogP contribution is 2.29. The summed E-state index contributed by atoms with van der Waals surface area (Å²) in [4.78, 5) is 29.4.